The van der Waals surface area contributed by atoms with E-state index < -0.39 is 10.8 Å². The maximum absolute atomic E-state index is 11.6. The number of nitrogens with zero attached hydrogens (tertiary/aromatic N) is 1. The lowest BCUT2D eigenvalue weighted by Gasteiger charge is -2.04. The van der Waals surface area contributed by atoms with Crippen molar-refractivity contribution < 1.29 is 4.21 Å². The lowest BCUT2D eigenvalue weighted by atomic mass is 10.3. The van der Waals surface area contributed by atoms with Gasteiger partial charge in [-0.3, -0.25) is 9.19 Å². The fraction of sp³-hybridized carbons (Fsp3) is 0.500. The molecule has 2 unspecified atom stereocenters. The van der Waals surface area contributed by atoms with Crippen LogP contribution in [-0.4, -0.2) is 21.0 Å². The molecule has 1 aromatic rings. The number of pyridine rings is 1. The van der Waals surface area contributed by atoms with Crippen molar-refractivity contribution in [3.8, 4) is 0 Å². The highest BCUT2D eigenvalue weighted by Gasteiger charge is 2.03. The van der Waals surface area contributed by atoms with E-state index in [0.717, 1.165) is 12.0 Å². The van der Waals surface area contributed by atoms with Gasteiger partial charge >= 0.3 is 0 Å². The van der Waals surface area contributed by atoms with E-state index in [1.165, 1.54) is 0 Å². The van der Waals surface area contributed by atoms with Crippen molar-refractivity contribution in [2.45, 2.75) is 25.1 Å². The summed E-state index contributed by atoms with van der Waals surface area (Å²) in [6.07, 6.45) is 4.26. The molecule has 2 atom stereocenters. The van der Waals surface area contributed by atoms with Gasteiger partial charge in [0.2, 0.25) is 0 Å². The van der Waals surface area contributed by atoms with Gasteiger partial charge in [0.1, 0.15) is 0 Å². The van der Waals surface area contributed by atoms with Crippen molar-refractivity contribution >= 4 is 10.8 Å². The van der Waals surface area contributed by atoms with Gasteiger partial charge in [-0.2, -0.15) is 0 Å². The molecule has 0 aliphatic rings. The van der Waals surface area contributed by atoms with Crippen LogP contribution in [0, 0.1) is 0 Å². The number of rotatable bonds is 5. The second kappa shape index (κ2) is 5.88. The van der Waals surface area contributed by atoms with E-state index in [9.17, 15) is 4.21 Å². The Bertz CT molecular complexity index is 287. The van der Waals surface area contributed by atoms with Crippen LogP contribution in [0.25, 0.3) is 0 Å². The van der Waals surface area contributed by atoms with Crippen LogP contribution in [0.5, 0.6) is 0 Å². The molecule has 14 heavy (non-hydrogen) atoms. The van der Waals surface area contributed by atoms with Gasteiger partial charge < -0.3 is 5.73 Å². The summed E-state index contributed by atoms with van der Waals surface area (Å²) in [4.78, 5) is 3.91. The first kappa shape index (κ1) is 11.3. The Morgan fingerprint density at radius 2 is 2.14 bits per heavy atom. The van der Waals surface area contributed by atoms with Crippen molar-refractivity contribution in [3.05, 3.63) is 30.1 Å². The van der Waals surface area contributed by atoms with E-state index in [2.05, 4.69) is 4.98 Å². The van der Waals surface area contributed by atoms with Crippen molar-refractivity contribution in [2.24, 2.45) is 5.73 Å². The Morgan fingerprint density at radius 1 is 1.50 bits per heavy atom. The first-order valence-electron chi connectivity index (χ1n) is 4.68. The first-order chi connectivity index (χ1) is 6.68. The van der Waals surface area contributed by atoms with Crippen LogP contribution in [0.1, 0.15) is 18.9 Å². The Kier molecular flexibility index (Phi) is 4.76. The van der Waals surface area contributed by atoms with Crippen molar-refractivity contribution in [2.75, 3.05) is 5.75 Å². The molecule has 0 radical (unpaired) electrons. The molecule has 0 bridgehead atoms. The molecule has 2 N–H and O–H groups in total. The monoisotopic (exact) mass is 212 g/mol. The van der Waals surface area contributed by atoms with E-state index in [1.807, 2.05) is 19.1 Å². The Balaban J connectivity index is 2.35. The molecule has 0 amide bonds. The smallest absolute Gasteiger partial charge is 0.0486 e. The van der Waals surface area contributed by atoms with Crippen molar-refractivity contribution in [1.29, 1.82) is 0 Å². The molecule has 4 heteroatoms. The van der Waals surface area contributed by atoms with Gasteiger partial charge in [-0.1, -0.05) is 0 Å². The van der Waals surface area contributed by atoms with Crippen LogP contribution in [0.4, 0.5) is 0 Å². The van der Waals surface area contributed by atoms with E-state index in [1.54, 1.807) is 12.4 Å². The molecular formula is C10H16N2OS. The molecule has 0 aliphatic carbocycles. The minimum absolute atomic E-state index is 0.136. The second-order valence-corrected chi connectivity index (χ2v) is 4.99. The Hall–Kier alpha value is -0.740. The molecule has 0 aliphatic heterocycles. The molecule has 1 aromatic heterocycles. The van der Waals surface area contributed by atoms with Crippen LogP contribution in [0.15, 0.2) is 24.5 Å². The minimum Gasteiger partial charge on any atom is -0.328 e. The summed E-state index contributed by atoms with van der Waals surface area (Å²) in [5.74, 6) is 1.29. The Labute approximate surface area is 87.2 Å². The molecule has 0 aromatic carbocycles. The largest absolute Gasteiger partial charge is 0.328 e. The summed E-state index contributed by atoms with van der Waals surface area (Å²) >= 11 is 0. The highest BCUT2D eigenvalue weighted by molar-refractivity contribution is 7.84. The maximum Gasteiger partial charge on any atom is 0.0486 e. The van der Waals surface area contributed by atoms with Crippen LogP contribution in [-0.2, 0) is 16.6 Å². The number of hydrogen-bond donors (Lipinski definition) is 1. The fourth-order valence-corrected chi connectivity index (χ4v) is 2.40. The van der Waals surface area contributed by atoms with Gasteiger partial charge in [0.25, 0.3) is 0 Å². The standard InChI is InChI=1S/C10H16N2OS/c1-9(11)4-7-14(13)8-10-2-5-12-6-3-10/h2-3,5-6,9H,4,7-8,11H2,1H3. The molecule has 3 nitrogen and oxygen atoms in total. The summed E-state index contributed by atoms with van der Waals surface area (Å²) in [7, 11) is -0.799. The van der Waals surface area contributed by atoms with E-state index in [-0.39, 0.29) is 6.04 Å². The van der Waals surface area contributed by atoms with Gasteiger partial charge in [-0.15, -0.1) is 0 Å². The summed E-state index contributed by atoms with van der Waals surface area (Å²) in [5.41, 5.74) is 6.66. The first-order valence-corrected chi connectivity index (χ1v) is 6.16. The molecule has 1 rings (SSSR count). The van der Waals surface area contributed by atoms with E-state index in [4.69, 9.17) is 5.73 Å². The maximum atomic E-state index is 11.6. The molecule has 78 valence electrons. The zero-order valence-corrected chi connectivity index (χ0v) is 9.17. The third-order valence-corrected chi connectivity index (χ3v) is 3.22. The van der Waals surface area contributed by atoms with Gasteiger partial charge in [0.15, 0.2) is 0 Å². The predicted molar refractivity (Wildman–Crippen MR) is 59.2 cm³/mol. The van der Waals surface area contributed by atoms with Crippen LogP contribution >= 0.6 is 0 Å². The zero-order chi connectivity index (χ0) is 10.4. The molecule has 0 saturated heterocycles. The lowest BCUT2D eigenvalue weighted by molar-refractivity contribution is 0.667. The van der Waals surface area contributed by atoms with E-state index in [0.29, 0.717) is 11.5 Å². The predicted octanol–water partition coefficient (Wildman–Crippen LogP) is 1.07. The highest BCUT2D eigenvalue weighted by Crippen LogP contribution is 2.03. The number of aromatic nitrogens is 1. The third kappa shape index (κ3) is 4.48. The second-order valence-electron chi connectivity index (χ2n) is 3.41. The van der Waals surface area contributed by atoms with Gasteiger partial charge in [-0.05, 0) is 31.0 Å². The highest BCUT2D eigenvalue weighted by atomic mass is 32.2. The molecule has 0 fully saturated rings. The van der Waals surface area contributed by atoms with Crippen molar-refractivity contribution in [3.63, 3.8) is 0 Å². The number of hydrogen-bond acceptors (Lipinski definition) is 3. The van der Waals surface area contributed by atoms with Crippen molar-refractivity contribution in [1.82, 2.24) is 4.98 Å². The minimum atomic E-state index is -0.799. The van der Waals surface area contributed by atoms with Gasteiger partial charge in [0.05, 0.1) is 0 Å². The quantitative estimate of drug-likeness (QED) is 0.794. The lowest BCUT2D eigenvalue weighted by Crippen LogP contribution is -2.18. The summed E-state index contributed by atoms with van der Waals surface area (Å²) < 4.78 is 11.6. The summed E-state index contributed by atoms with van der Waals surface area (Å²) in [6.45, 7) is 1.93. The SMILES string of the molecule is CC(N)CCS(=O)Cc1ccncc1. The number of nitrogens with two attached hydrogens (primary N) is 1. The van der Waals surface area contributed by atoms with Crippen LogP contribution < -0.4 is 5.73 Å². The summed E-state index contributed by atoms with van der Waals surface area (Å²) in [5, 5.41) is 0. The zero-order valence-electron chi connectivity index (χ0n) is 8.35. The molecule has 1 heterocycles. The van der Waals surface area contributed by atoms with Gasteiger partial charge in [-0.25, -0.2) is 0 Å². The Morgan fingerprint density at radius 3 is 2.71 bits per heavy atom. The van der Waals surface area contributed by atoms with Gasteiger partial charge in [0, 0.05) is 40.7 Å². The van der Waals surface area contributed by atoms with E-state index >= 15 is 0 Å². The fourth-order valence-electron chi connectivity index (χ4n) is 1.05. The normalized spacial score (nSPS) is 15.0. The molecule has 0 saturated carbocycles. The summed E-state index contributed by atoms with van der Waals surface area (Å²) in [6, 6.07) is 3.92. The molecular weight excluding hydrogens is 196 g/mol. The average Bonchev–Trinajstić information content (AvgIpc) is 2.16. The third-order valence-electron chi connectivity index (χ3n) is 1.88. The van der Waals surface area contributed by atoms with Crippen LogP contribution in [0.3, 0.4) is 0 Å². The van der Waals surface area contributed by atoms with Crippen LogP contribution in [0.2, 0.25) is 0 Å². The average molecular weight is 212 g/mol. The topological polar surface area (TPSA) is 56.0 Å². The molecule has 0 spiro atoms.